The van der Waals surface area contributed by atoms with Gasteiger partial charge in [0.25, 0.3) is 0 Å². The van der Waals surface area contributed by atoms with Gasteiger partial charge in [0.15, 0.2) is 0 Å². The zero-order valence-corrected chi connectivity index (χ0v) is 17.9. The molecule has 0 radical (unpaired) electrons. The van der Waals surface area contributed by atoms with Gasteiger partial charge in [0.2, 0.25) is 5.91 Å². The summed E-state index contributed by atoms with van der Waals surface area (Å²) in [4.78, 5) is 22.2. The van der Waals surface area contributed by atoms with E-state index in [1.807, 2.05) is 68.4 Å². The number of thioether (sulfide) groups is 1. The fourth-order valence-electron chi connectivity index (χ4n) is 3.43. The Morgan fingerprint density at radius 1 is 0.900 bits per heavy atom. The number of rotatable bonds is 4. The van der Waals surface area contributed by atoms with Crippen LogP contribution < -0.4 is 5.32 Å². The zero-order valence-electron chi connectivity index (χ0n) is 17.1. The predicted octanol–water partition coefficient (Wildman–Crippen LogP) is 6.23. The van der Waals surface area contributed by atoms with E-state index >= 15 is 0 Å². The summed E-state index contributed by atoms with van der Waals surface area (Å²) in [5, 5.41) is 3.88. The Morgan fingerprint density at radius 3 is 2.23 bits per heavy atom. The number of aryl methyl sites for hydroxylation is 2. The summed E-state index contributed by atoms with van der Waals surface area (Å²) in [5.74, 6) is 0.263. The van der Waals surface area contributed by atoms with Crippen molar-refractivity contribution in [3.8, 4) is 0 Å². The molecule has 0 fully saturated rings. The number of carbonyl (C=O) groups excluding carboxylic acids is 1. The van der Waals surface area contributed by atoms with Crippen LogP contribution in [0.5, 0.6) is 0 Å². The van der Waals surface area contributed by atoms with Gasteiger partial charge < -0.3 is 5.32 Å². The molecule has 0 aliphatic carbocycles. The lowest BCUT2D eigenvalue weighted by atomic mass is 10.1. The number of anilines is 1. The highest BCUT2D eigenvalue weighted by Gasteiger charge is 2.16. The molecule has 1 heterocycles. The maximum atomic E-state index is 12.5. The molecule has 30 heavy (non-hydrogen) atoms. The SMILES string of the molecule is Cc1cc(C)cc(NC(=O)CSC2=Nc3ccccc3N=C(c3ccccc3)C2)c1. The second-order valence-corrected chi connectivity index (χ2v) is 8.36. The topological polar surface area (TPSA) is 53.8 Å². The number of amides is 1. The Labute approximate surface area is 181 Å². The van der Waals surface area contributed by atoms with Crippen molar-refractivity contribution in [3.63, 3.8) is 0 Å². The Balaban J connectivity index is 1.51. The largest absolute Gasteiger partial charge is 0.325 e. The first-order chi connectivity index (χ1) is 14.6. The highest BCUT2D eigenvalue weighted by Crippen LogP contribution is 2.33. The number of aliphatic imine (C=N–C) groups is 2. The van der Waals surface area contributed by atoms with Crippen LogP contribution >= 0.6 is 11.8 Å². The average Bonchev–Trinajstić information content (AvgIpc) is 2.91. The number of fused-ring (bicyclic) bond motifs is 1. The van der Waals surface area contributed by atoms with Gasteiger partial charge in [0, 0.05) is 12.1 Å². The van der Waals surface area contributed by atoms with Crippen LogP contribution in [0, 0.1) is 13.8 Å². The zero-order chi connectivity index (χ0) is 20.9. The molecule has 0 saturated carbocycles. The van der Waals surface area contributed by atoms with Crippen molar-refractivity contribution in [2.75, 3.05) is 11.1 Å². The second-order valence-electron chi connectivity index (χ2n) is 7.31. The smallest absolute Gasteiger partial charge is 0.234 e. The van der Waals surface area contributed by atoms with Crippen LogP contribution in [0.2, 0.25) is 0 Å². The van der Waals surface area contributed by atoms with E-state index in [9.17, 15) is 4.79 Å². The van der Waals surface area contributed by atoms with Gasteiger partial charge in [0.05, 0.1) is 27.9 Å². The minimum absolute atomic E-state index is 0.0385. The number of hydrogen-bond acceptors (Lipinski definition) is 4. The maximum Gasteiger partial charge on any atom is 0.234 e. The monoisotopic (exact) mass is 413 g/mol. The Kier molecular flexibility index (Phi) is 6.10. The van der Waals surface area contributed by atoms with Crippen molar-refractivity contribution in [1.29, 1.82) is 0 Å². The fourth-order valence-corrected chi connectivity index (χ4v) is 4.20. The van der Waals surface area contributed by atoms with E-state index in [4.69, 9.17) is 9.98 Å². The number of benzene rings is 3. The summed E-state index contributed by atoms with van der Waals surface area (Å²) in [7, 11) is 0. The highest BCUT2D eigenvalue weighted by atomic mass is 32.2. The molecule has 0 unspecified atom stereocenters. The van der Waals surface area contributed by atoms with Gasteiger partial charge in [-0.15, -0.1) is 11.8 Å². The van der Waals surface area contributed by atoms with Crippen LogP contribution in [-0.4, -0.2) is 22.4 Å². The van der Waals surface area contributed by atoms with Gasteiger partial charge in [-0.25, -0.2) is 4.99 Å². The third kappa shape index (κ3) is 5.05. The summed E-state index contributed by atoms with van der Waals surface area (Å²) in [6.07, 6.45) is 0.597. The third-order valence-electron chi connectivity index (χ3n) is 4.68. The van der Waals surface area contributed by atoms with Crippen molar-refractivity contribution >= 4 is 45.5 Å². The van der Waals surface area contributed by atoms with E-state index in [-0.39, 0.29) is 5.91 Å². The molecule has 0 spiro atoms. The Hall–Kier alpha value is -3.18. The molecule has 5 heteroatoms. The van der Waals surface area contributed by atoms with Crippen LogP contribution in [0.15, 0.2) is 82.8 Å². The second kappa shape index (κ2) is 9.09. The minimum Gasteiger partial charge on any atom is -0.325 e. The predicted molar refractivity (Wildman–Crippen MR) is 128 cm³/mol. The van der Waals surface area contributed by atoms with E-state index in [0.717, 1.165) is 44.5 Å². The van der Waals surface area contributed by atoms with Gasteiger partial charge in [-0.05, 0) is 54.8 Å². The van der Waals surface area contributed by atoms with E-state index in [1.165, 1.54) is 11.8 Å². The molecule has 3 aromatic carbocycles. The molecule has 0 atom stereocenters. The van der Waals surface area contributed by atoms with Crippen molar-refractivity contribution in [2.24, 2.45) is 9.98 Å². The lowest BCUT2D eigenvalue weighted by molar-refractivity contribution is -0.113. The molecule has 3 aromatic rings. The Morgan fingerprint density at radius 2 is 1.53 bits per heavy atom. The first-order valence-corrected chi connectivity index (χ1v) is 10.9. The van der Waals surface area contributed by atoms with Gasteiger partial charge >= 0.3 is 0 Å². The van der Waals surface area contributed by atoms with E-state index in [0.29, 0.717) is 12.2 Å². The van der Waals surface area contributed by atoms with Crippen LogP contribution in [0.1, 0.15) is 23.1 Å². The number of nitrogens with zero attached hydrogens (tertiary/aromatic N) is 2. The number of nitrogens with one attached hydrogen (secondary N) is 1. The molecular weight excluding hydrogens is 390 g/mol. The summed E-state index contributed by atoms with van der Waals surface area (Å²) < 4.78 is 0. The van der Waals surface area contributed by atoms with Crippen LogP contribution in [0.3, 0.4) is 0 Å². The molecule has 1 aliphatic rings. The standard InChI is InChI=1S/C25H23N3OS/c1-17-12-18(2)14-20(13-17)26-24(29)16-30-25-15-23(19-8-4-3-5-9-19)27-21-10-6-7-11-22(21)28-25/h3-14H,15-16H2,1-2H3,(H,26,29). The van der Waals surface area contributed by atoms with Crippen molar-refractivity contribution in [2.45, 2.75) is 20.3 Å². The number of carbonyl (C=O) groups is 1. The molecule has 1 aliphatic heterocycles. The Bertz CT molecular complexity index is 1120. The first kappa shape index (κ1) is 20.1. The van der Waals surface area contributed by atoms with Crippen molar-refractivity contribution in [3.05, 3.63) is 89.5 Å². The van der Waals surface area contributed by atoms with E-state index < -0.39 is 0 Å². The van der Waals surface area contributed by atoms with Crippen molar-refractivity contribution < 1.29 is 4.79 Å². The van der Waals surface area contributed by atoms with Gasteiger partial charge in [-0.1, -0.05) is 48.5 Å². The minimum atomic E-state index is -0.0385. The molecule has 1 amide bonds. The van der Waals surface area contributed by atoms with Crippen molar-refractivity contribution in [1.82, 2.24) is 0 Å². The van der Waals surface area contributed by atoms with Crippen LogP contribution in [-0.2, 0) is 4.79 Å². The van der Waals surface area contributed by atoms with Crippen LogP contribution in [0.25, 0.3) is 0 Å². The lowest BCUT2D eigenvalue weighted by Crippen LogP contribution is -2.16. The maximum absolute atomic E-state index is 12.5. The third-order valence-corrected chi connectivity index (χ3v) is 5.66. The summed E-state index contributed by atoms with van der Waals surface area (Å²) in [6.45, 7) is 4.05. The van der Waals surface area contributed by atoms with Gasteiger partial charge in [-0.2, -0.15) is 0 Å². The molecule has 150 valence electrons. The molecule has 0 saturated heterocycles. The van der Waals surface area contributed by atoms with Crippen LogP contribution in [0.4, 0.5) is 17.1 Å². The van der Waals surface area contributed by atoms with E-state index in [1.54, 1.807) is 0 Å². The molecular formula is C25H23N3OS. The summed E-state index contributed by atoms with van der Waals surface area (Å²) in [5.41, 5.74) is 6.81. The van der Waals surface area contributed by atoms with Gasteiger partial charge in [0.1, 0.15) is 0 Å². The molecule has 0 bridgehead atoms. The summed E-state index contributed by atoms with van der Waals surface area (Å²) in [6, 6.07) is 24.0. The molecule has 4 nitrogen and oxygen atoms in total. The quantitative estimate of drug-likeness (QED) is 0.551. The number of hydrogen-bond donors (Lipinski definition) is 1. The first-order valence-electron chi connectivity index (χ1n) is 9.87. The normalized spacial score (nSPS) is 13.0. The average molecular weight is 414 g/mol. The lowest BCUT2D eigenvalue weighted by Gasteiger charge is -2.09. The fraction of sp³-hybridized carbons (Fsp3) is 0.160. The highest BCUT2D eigenvalue weighted by molar-refractivity contribution is 8.14. The number of para-hydroxylation sites is 2. The van der Waals surface area contributed by atoms with E-state index in [2.05, 4.69) is 23.5 Å². The van der Waals surface area contributed by atoms with Gasteiger partial charge in [-0.3, -0.25) is 9.79 Å². The molecule has 4 rings (SSSR count). The molecule has 1 N–H and O–H groups in total. The molecule has 0 aromatic heterocycles. The summed E-state index contributed by atoms with van der Waals surface area (Å²) >= 11 is 1.47.